The molecule has 0 bridgehead atoms. The van der Waals surface area contributed by atoms with Gasteiger partial charge in [0.25, 0.3) is 0 Å². The minimum absolute atomic E-state index is 0.00815. The fraction of sp³-hybridized carbons (Fsp3) is 0.636. The number of carbonyl (C=O) groups excluding carboxylic acids is 1. The fourth-order valence-corrected chi connectivity index (χ4v) is 2.17. The molecule has 3 N–H and O–H groups in total. The van der Waals surface area contributed by atoms with Crippen LogP contribution in [0.2, 0.25) is 0 Å². The van der Waals surface area contributed by atoms with Crippen LogP contribution in [0.4, 0.5) is 0 Å². The fourth-order valence-electron chi connectivity index (χ4n) is 1.44. The zero-order valence-electron chi connectivity index (χ0n) is 9.82. The summed E-state index contributed by atoms with van der Waals surface area (Å²) in [6, 6.07) is -0.0250. The van der Waals surface area contributed by atoms with Gasteiger partial charge in [0.2, 0.25) is 5.91 Å². The van der Waals surface area contributed by atoms with Gasteiger partial charge in [-0.25, -0.2) is 4.98 Å². The molecule has 1 aromatic heterocycles. The SMILES string of the molecule is CCCC(N)CC(=O)NCc1ncc(C)s1. The molecule has 0 fully saturated rings. The van der Waals surface area contributed by atoms with Crippen molar-refractivity contribution in [3.05, 3.63) is 16.1 Å². The van der Waals surface area contributed by atoms with Crippen LogP contribution >= 0.6 is 11.3 Å². The highest BCUT2D eigenvalue weighted by molar-refractivity contribution is 7.11. The number of amides is 1. The number of nitrogens with zero attached hydrogens (tertiary/aromatic N) is 1. The molecule has 1 heterocycles. The number of nitrogens with two attached hydrogens (primary N) is 1. The summed E-state index contributed by atoms with van der Waals surface area (Å²) in [5.41, 5.74) is 5.78. The monoisotopic (exact) mass is 241 g/mol. The van der Waals surface area contributed by atoms with E-state index < -0.39 is 0 Å². The van der Waals surface area contributed by atoms with E-state index in [1.807, 2.05) is 13.1 Å². The molecule has 0 saturated carbocycles. The largest absolute Gasteiger partial charge is 0.350 e. The lowest BCUT2D eigenvalue weighted by molar-refractivity contribution is -0.121. The van der Waals surface area contributed by atoms with Crippen molar-refractivity contribution in [3.63, 3.8) is 0 Å². The van der Waals surface area contributed by atoms with Gasteiger partial charge in [0, 0.05) is 23.5 Å². The van der Waals surface area contributed by atoms with Crippen LogP contribution in [0.25, 0.3) is 0 Å². The molecule has 0 aliphatic carbocycles. The molecule has 0 aliphatic heterocycles. The third-order valence-electron chi connectivity index (χ3n) is 2.21. The normalized spacial score (nSPS) is 12.4. The van der Waals surface area contributed by atoms with Crippen molar-refractivity contribution in [2.45, 2.75) is 45.7 Å². The van der Waals surface area contributed by atoms with E-state index >= 15 is 0 Å². The Morgan fingerprint density at radius 1 is 1.69 bits per heavy atom. The van der Waals surface area contributed by atoms with E-state index in [-0.39, 0.29) is 11.9 Å². The Morgan fingerprint density at radius 3 is 3.00 bits per heavy atom. The number of nitrogens with one attached hydrogen (secondary N) is 1. The molecule has 1 unspecified atom stereocenters. The molecule has 4 nitrogen and oxygen atoms in total. The Morgan fingerprint density at radius 2 is 2.44 bits per heavy atom. The topological polar surface area (TPSA) is 68.0 Å². The zero-order valence-corrected chi connectivity index (χ0v) is 10.6. The van der Waals surface area contributed by atoms with Gasteiger partial charge in [-0.05, 0) is 13.3 Å². The number of carbonyl (C=O) groups is 1. The second kappa shape index (κ2) is 6.60. The number of thiazole rings is 1. The predicted molar refractivity (Wildman–Crippen MR) is 66.2 cm³/mol. The van der Waals surface area contributed by atoms with Gasteiger partial charge in [-0.1, -0.05) is 13.3 Å². The quantitative estimate of drug-likeness (QED) is 0.794. The van der Waals surface area contributed by atoms with Gasteiger partial charge in [-0.2, -0.15) is 0 Å². The van der Waals surface area contributed by atoms with Gasteiger partial charge in [0.05, 0.1) is 6.54 Å². The average Bonchev–Trinajstić information content (AvgIpc) is 2.61. The molecule has 1 amide bonds. The van der Waals surface area contributed by atoms with Crippen molar-refractivity contribution in [2.24, 2.45) is 5.73 Å². The first-order valence-corrected chi connectivity index (χ1v) is 6.37. The van der Waals surface area contributed by atoms with Crippen molar-refractivity contribution in [2.75, 3.05) is 0 Å². The van der Waals surface area contributed by atoms with E-state index in [4.69, 9.17) is 5.73 Å². The van der Waals surface area contributed by atoms with Crippen molar-refractivity contribution in [3.8, 4) is 0 Å². The maximum absolute atomic E-state index is 11.5. The van der Waals surface area contributed by atoms with E-state index in [9.17, 15) is 4.79 Å². The number of hydrogen-bond donors (Lipinski definition) is 2. The summed E-state index contributed by atoms with van der Waals surface area (Å²) in [6.07, 6.45) is 4.12. The zero-order chi connectivity index (χ0) is 12.0. The van der Waals surface area contributed by atoms with Crippen LogP contribution in [0.15, 0.2) is 6.20 Å². The average molecular weight is 241 g/mol. The minimum atomic E-state index is -0.0250. The summed E-state index contributed by atoms with van der Waals surface area (Å²) in [5.74, 6) is 0.00815. The standard InChI is InChI=1S/C11H19N3OS/c1-3-4-9(12)5-10(15)13-7-11-14-6-8(2)16-11/h6,9H,3-5,7,12H2,1-2H3,(H,13,15). The van der Waals surface area contributed by atoms with Gasteiger partial charge < -0.3 is 11.1 Å². The lowest BCUT2D eigenvalue weighted by atomic mass is 10.1. The van der Waals surface area contributed by atoms with Gasteiger partial charge in [-0.3, -0.25) is 4.79 Å². The Kier molecular flexibility index (Phi) is 5.42. The van der Waals surface area contributed by atoms with Crippen molar-refractivity contribution in [1.82, 2.24) is 10.3 Å². The van der Waals surface area contributed by atoms with Crippen molar-refractivity contribution in [1.29, 1.82) is 0 Å². The minimum Gasteiger partial charge on any atom is -0.350 e. The maximum atomic E-state index is 11.5. The molecule has 0 aromatic carbocycles. The molecule has 16 heavy (non-hydrogen) atoms. The highest BCUT2D eigenvalue weighted by Gasteiger charge is 2.08. The van der Waals surface area contributed by atoms with Gasteiger partial charge in [0.15, 0.2) is 0 Å². The van der Waals surface area contributed by atoms with Crippen molar-refractivity contribution < 1.29 is 4.79 Å². The molecule has 0 radical (unpaired) electrons. The van der Waals surface area contributed by atoms with Crippen LogP contribution in [-0.2, 0) is 11.3 Å². The molecule has 1 atom stereocenters. The predicted octanol–water partition coefficient (Wildman–Crippen LogP) is 1.59. The number of hydrogen-bond acceptors (Lipinski definition) is 4. The van der Waals surface area contributed by atoms with Crippen molar-refractivity contribution >= 4 is 17.2 Å². The molecule has 90 valence electrons. The first kappa shape index (κ1) is 13.1. The Labute approximate surface area is 100 Å². The summed E-state index contributed by atoms with van der Waals surface area (Å²) in [4.78, 5) is 16.8. The Balaban J connectivity index is 2.25. The van der Waals surface area contributed by atoms with E-state index in [0.29, 0.717) is 13.0 Å². The van der Waals surface area contributed by atoms with E-state index in [1.54, 1.807) is 11.3 Å². The Bertz CT molecular complexity index is 338. The second-order valence-corrected chi connectivity index (χ2v) is 5.21. The summed E-state index contributed by atoms with van der Waals surface area (Å²) in [6.45, 7) is 4.58. The highest BCUT2D eigenvalue weighted by Crippen LogP contribution is 2.10. The van der Waals surface area contributed by atoms with Gasteiger partial charge >= 0.3 is 0 Å². The van der Waals surface area contributed by atoms with Crippen LogP contribution < -0.4 is 11.1 Å². The smallest absolute Gasteiger partial charge is 0.221 e. The first-order valence-electron chi connectivity index (χ1n) is 5.55. The molecular formula is C11H19N3OS. The molecule has 0 spiro atoms. The summed E-state index contributed by atoms with van der Waals surface area (Å²) < 4.78 is 0. The molecule has 0 saturated heterocycles. The summed E-state index contributed by atoms with van der Waals surface area (Å²) in [7, 11) is 0. The maximum Gasteiger partial charge on any atom is 0.221 e. The highest BCUT2D eigenvalue weighted by atomic mass is 32.1. The van der Waals surface area contributed by atoms with Crippen LogP contribution in [0.5, 0.6) is 0 Å². The second-order valence-electron chi connectivity index (χ2n) is 3.89. The number of rotatable bonds is 6. The van der Waals surface area contributed by atoms with Crippen LogP contribution in [0, 0.1) is 6.92 Å². The molecule has 1 rings (SSSR count). The van der Waals surface area contributed by atoms with E-state index in [0.717, 1.165) is 22.7 Å². The van der Waals surface area contributed by atoms with Gasteiger partial charge in [-0.15, -0.1) is 11.3 Å². The molecule has 5 heteroatoms. The van der Waals surface area contributed by atoms with Crippen LogP contribution in [0.1, 0.15) is 36.1 Å². The Hall–Kier alpha value is -0.940. The first-order chi connectivity index (χ1) is 7.61. The summed E-state index contributed by atoms with van der Waals surface area (Å²) in [5, 5.41) is 3.77. The molecule has 1 aromatic rings. The lowest BCUT2D eigenvalue weighted by Crippen LogP contribution is -2.31. The molecular weight excluding hydrogens is 222 g/mol. The van der Waals surface area contributed by atoms with E-state index in [1.165, 1.54) is 0 Å². The third-order valence-corrected chi connectivity index (χ3v) is 3.13. The summed E-state index contributed by atoms with van der Waals surface area (Å²) >= 11 is 1.60. The molecule has 0 aliphatic rings. The van der Waals surface area contributed by atoms with Gasteiger partial charge in [0.1, 0.15) is 5.01 Å². The van der Waals surface area contributed by atoms with E-state index in [2.05, 4.69) is 17.2 Å². The van der Waals surface area contributed by atoms with Crippen LogP contribution in [0.3, 0.4) is 0 Å². The van der Waals surface area contributed by atoms with Crippen LogP contribution in [-0.4, -0.2) is 16.9 Å². The number of aromatic nitrogens is 1. The number of aryl methyl sites for hydroxylation is 1. The lowest BCUT2D eigenvalue weighted by Gasteiger charge is -2.09. The third kappa shape index (κ3) is 4.72.